The van der Waals surface area contributed by atoms with Gasteiger partial charge in [-0.25, -0.2) is 4.39 Å². The fraction of sp³-hybridized carbons (Fsp3) is 0.308. The van der Waals surface area contributed by atoms with Crippen molar-refractivity contribution in [3.63, 3.8) is 0 Å². The highest BCUT2D eigenvalue weighted by Gasteiger charge is 2.10. The van der Waals surface area contributed by atoms with Crippen LogP contribution in [0, 0.1) is 19.7 Å². The van der Waals surface area contributed by atoms with E-state index in [1.54, 1.807) is 13.0 Å². The van der Waals surface area contributed by atoms with Crippen LogP contribution in [0.1, 0.15) is 17.0 Å². The largest absolute Gasteiger partial charge is 0.379 e. The van der Waals surface area contributed by atoms with Gasteiger partial charge in [-0.2, -0.15) is 5.10 Å². The molecule has 0 bridgehead atoms. The van der Waals surface area contributed by atoms with Crippen molar-refractivity contribution in [1.29, 1.82) is 0 Å². The number of aromatic nitrogens is 2. The predicted molar refractivity (Wildman–Crippen MR) is 74.1 cm³/mol. The molecule has 2 aromatic rings. The molecule has 0 aliphatic carbocycles. The SMILES string of the molecule is Cc1ccc(NCc2c(Br)c(C)nn2C)cc1F. The van der Waals surface area contributed by atoms with Crippen molar-refractivity contribution in [3.8, 4) is 0 Å². The number of hydrogen-bond acceptors (Lipinski definition) is 2. The minimum absolute atomic E-state index is 0.194. The summed E-state index contributed by atoms with van der Waals surface area (Å²) in [6.45, 7) is 4.29. The van der Waals surface area contributed by atoms with E-state index in [1.807, 2.05) is 24.7 Å². The number of nitrogens with one attached hydrogen (secondary N) is 1. The molecule has 0 amide bonds. The molecule has 1 aromatic heterocycles. The molecule has 96 valence electrons. The van der Waals surface area contributed by atoms with Crippen LogP contribution in [0.4, 0.5) is 10.1 Å². The first-order chi connectivity index (χ1) is 8.49. The summed E-state index contributed by atoms with van der Waals surface area (Å²) in [5.74, 6) is -0.194. The maximum Gasteiger partial charge on any atom is 0.128 e. The number of benzene rings is 1. The van der Waals surface area contributed by atoms with Gasteiger partial charge in [0, 0.05) is 12.7 Å². The number of rotatable bonds is 3. The van der Waals surface area contributed by atoms with E-state index in [2.05, 4.69) is 26.3 Å². The van der Waals surface area contributed by atoms with Crippen molar-refractivity contribution in [2.45, 2.75) is 20.4 Å². The minimum Gasteiger partial charge on any atom is -0.379 e. The molecule has 0 aliphatic rings. The lowest BCUT2D eigenvalue weighted by atomic mass is 10.2. The van der Waals surface area contributed by atoms with Crippen LogP contribution < -0.4 is 5.32 Å². The molecule has 3 nitrogen and oxygen atoms in total. The van der Waals surface area contributed by atoms with Crippen LogP contribution in [0.25, 0.3) is 0 Å². The van der Waals surface area contributed by atoms with E-state index in [-0.39, 0.29) is 5.82 Å². The third-order valence-corrected chi connectivity index (χ3v) is 3.92. The van der Waals surface area contributed by atoms with Crippen LogP contribution in [0.3, 0.4) is 0 Å². The Morgan fingerprint density at radius 2 is 2.11 bits per heavy atom. The lowest BCUT2D eigenvalue weighted by Gasteiger charge is -2.08. The fourth-order valence-corrected chi connectivity index (χ4v) is 2.24. The van der Waals surface area contributed by atoms with Gasteiger partial charge in [-0.15, -0.1) is 0 Å². The van der Waals surface area contributed by atoms with Gasteiger partial charge in [0.2, 0.25) is 0 Å². The maximum atomic E-state index is 13.4. The second kappa shape index (κ2) is 5.10. The molecule has 0 aliphatic heterocycles. The highest BCUT2D eigenvalue weighted by molar-refractivity contribution is 9.10. The lowest BCUT2D eigenvalue weighted by Crippen LogP contribution is -2.06. The second-order valence-electron chi connectivity index (χ2n) is 4.29. The highest BCUT2D eigenvalue weighted by atomic mass is 79.9. The van der Waals surface area contributed by atoms with Crippen LogP contribution in [0.2, 0.25) is 0 Å². The summed E-state index contributed by atoms with van der Waals surface area (Å²) in [6.07, 6.45) is 0. The Morgan fingerprint density at radius 1 is 1.39 bits per heavy atom. The second-order valence-corrected chi connectivity index (χ2v) is 5.08. The third-order valence-electron chi connectivity index (χ3n) is 2.89. The molecule has 1 heterocycles. The van der Waals surface area contributed by atoms with Crippen molar-refractivity contribution in [3.05, 3.63) is 45.4 Å². The minimum atomic E-state index is -0.194. The van der Waals surface area contributed by atoms with Gasteiger partial charge in [0.15, 0.2) is 0 Å². The third kappa shape index (κ3) is 2.56. The summed E-state index contributed by atoms with van der Waals surface area (Å²) in [6, 6.07) is 5.14. The Hall–Kier alpha value is -1.36. The van der Waals surface area contributed by atoms with Gasteiger partial charge < -0.3 is 5.32 Å². The first kappa shape index (κ1) is 13.1. The first-order valence-electron chi connectivity index (χ1n) is 5.67. The molecular formula is C13H15BrFN3. The van der Waals surface area contributed by atoms with Crippen LogP contribution >= 0.6 is 15.9 Å². The van der Waals surface area contributed by atoms with E-state index < -0.39 is 0 Å². The van der Waals surface area contributed by atoms with E-state index >= 15 is 0 Å². The summed E-state index contributed by atoms with van der Waals surface area (Å²) in [5.41, 5.74) is 3.40. The highest BCUT2D eigenvalue weighted by Crippen LogP contribution is 2.21. The number of aryl methyl sites for hydroxylation is 3. The quantitative estimate of drug-likeness (QED) is 0.939. The van der Waals surface area contributed by atoms with Gasteiger partial charge in [-0.3, -0.25) is 4.68 Å². The van der Waals surface area contributed by atoms with Gasteiger partial charge in [0.25, 0.3) is 0 Å². The maximum absolute atomic E-state index is 13.4. The van der Waals surface area contributed by atoms with Gasteiger partial charge in [-0.1, -0.05) is 6.07 Å². The van der Waals surface area contributed by atoms with Crippen LogP contribution in [-0.4, -0.2) is 9.78 Å². The standard InChI is InChI=1S/C13H15BrFN3/c1-8-4-5-10(6-11(8)15)16-7-12-13(14)9(2)17-18(12)3/h4-6,16H,7H2,1-3H3. The smallest absolute Gasteiger partial charge is 0.128 e. The Bertz CT molecular complexity index is 578. The van der Waals surface area contributed by atoms with E-state index in [9.17, 15) is 4.39 Å². The van der Waals surface area contributed by atoms with Crippen LogP contribution in [0.5, 0.6) is 0 Å². The van der Waals surface area contributed by atoms with Crippen molar-refractivity contribution >= 4 is 21.6 Å². The number of halogens is 2. The van der Waals surface area contributed by atoms with Gasteiger partial charge in [-0.05, 0) is 47.5 Å². The number of anilines is 1. The molecule has 0 atom stereocenters. The van der Waals surface area contributed by atoms with E-state index in [0.29, 0.717) is 12.1 Å². The monoisotopic (exact) mass is 311 g/mol. The molecule has 0 spiro atoms. The molecule has 1 aromatic carbocycles. The van der Waals surface area contributed by atoms with Crippen molar-refractivity contribution < 1.29 is 4.39 Å². The summed E-state index contributed by atoms with van der Waals surface area (Å²) < 4.78 is 16.2. The first-order valence-corrected chi connectivity index (χ1v) is 6.46. The van der Waals surface area contributed by atoms with E-state index in [0.717, 1.165) is 21.5 Å². The van der Waals surface area contributed by atoms with Crippen LogP contribution in [-0.2, 0) is 13.6 Å². The van der Waals surface area contributed by atoms with Crippen molar-refractivity contribution in [1.82, 2.24) is 9.78 Å². The zero-order valence-corrected chi connectivity index (χ0v) is 12.2. The molecule has 0 unspecified atom stereocenters. The van der Waals surface area contributed by atoms with Crippen molar-refractivity contribution in [2.75, 3.05) is 5.32 Å². The number of nitrogens with zero attached hydrogens (tertiary/aromatic N) is 2. The molecule has 0 fully saturated rings. The van der Waals surface area contributed by atoms with E-state index in [4.69, 9.17) is 0 Å². The molecule has 5 heteroatoms. The zero-order chi connectivity index (χ0) is 13.3. The topological polar surface area (TPSA) is 29.9 Å². The van der Waals surface area contributed by atoms with E-state index in [1.165, 1.54) is 6.07 Å². The zero-order valence-electron chi connectivity index (χ0n) is 10.6. The average Bonchev–Trinajstić information content (AvgIpc) is 2.56. The normalized spacial score (nSPS) is 10.7. The molecule has 0 saturated heterocycles. The van der Waals surface area contributed by atoms with Gasteiger partial charge >= 0.3 is 0 Å². The van der Waals surface area contributed by atoms with Crippen molar-refractivity contribution in [2.24, 2.45) is 7.05 Å². The summed E-state index contributed by atoms with van der Waals surface area (Å²) in [4.78, 5) is 0. The molecule has 1 N–H and O–H groups in total. The predicted octanol–water partition coefficient (Wildman–Crippen LogP) is 3.55. The fourth-order valence-electron chi connectivity index (χ4n) is 1.76. The Balaban J connectivity index is 2.14. The van der Waals surface area contributed by atoms with Crippen LogP contribution in [0.15, 0.2) is 22.7 Å². The molecule has 0 radical (unpaired) electrons. The molecule has 2 rings (SSSR count). The average molecular weight is 312 g/mol. The Kier molecular flexibility index (Phi) is 3.71. The summed E-state index contributed by atoms with van der Waals surface area (Å²) >= 11 is 3.50. The molecule has 18 heavy (non-hydrogen) atoms. The number of hydrogen-bond donors (Lipinski definition) is 1. The molecule has 0 saturated carbocycles. The molecular weight excluding hydrogens is 297 g/mol. The van der Waals surface area contributed by atoms with Gasteiger partial charge in [0.05, 0.1) is 22.4 Å². The lowest BCUT2D eigenvalue weighted by molar-refractivity contribution is 0.619. The summed E-state index contributed by atoms with van der Waals surface area (Å²) in [5, 5.41) is 7.50. The Labute approximate surface area is 114 Å². The van der Waals surface area contributed by atoms with Gasteiger partial charge in [0.1, 0.15) is 5.82 Å². The Morgan fingerprint density at radius 3 is 2.67 bits per heavy atom. The summed E-state index contributed by atoms with van der Waals surface area (Å²) in [7, 11) is 1.89.